The van der Waals surface area contributed by atoms with Crippen molar-refractivity contribution in [2.45, 2.75) is 52.4 Å². The van der Waals surface area contributed by atoms with Gasteiger partial charge in [0.15, 0.2) is 5.60 Å². The summed E-state index contributed by atoms with van der Waals surface area (Å²) in [6.45, 7) is 6.51. The second-order valence-corrected chi connectivity index (χ2v) is 9.12. The van der Waals surface area contributed by atoms with Gasteiger partial charge in [0.25, 0.3) is 5.56 Å². The number of aromatic nitrogens is 2. The third-order valence-corrected chi connectivity index (χ3v) is 7.03. The summed E-state index contributed by atoms with van der Waals surface area (Å²) in [7, 11) is 0. The van der Waals surface area contributed by atoms with Crippen molar-refractivity contribution < 1.29 is 19.4 Å². The van der Waals surface area contributed by atoms with Crippen LogP contribution in [0.4, 0.5) is 0 Å². The molecule has 0 saturated heterocycles. The highest BCUT2D eigenvalue weighted by molar-refractivity contribution is 5.95. The van der Waals surface area contributed by atoms with Crippen LogP contribution in [0.15, 0.2) is 29.1 Å². The van der Waals surface area contributed by atoms with Crippen LogP contribution in [0.2, 0.25) is 0 Å². The molecule has 2 aromatic heterocycles. The minimum absolute atomic E-state index is 0.0927. The van der Waals surface area contributed by atoms with Crippen LogP contribution in [0.1, 0.15) is 55.9 Å². The van der Waals surface area contributed by atoms with Crippen molar-refractivity contribution in [3.05, 3.63) is 56.9 Å². The molecule has 5 rings (SSSR count). The average Bonchev–Trinajstić information content (AvgIpc) is 3.22. The fraction of sp³-hybridized carbons (Fsp3) is 0.385. The third kappa shape index (κ3) is 3.16. The summed E-state index contributed by atoms with van der Waals surface area (Å²) in [6, 6.07) is 7.23. The quantitative estimate of drug-likeness (QED) is 0.336. The first kappa shape index (κ1) is 22.3. The fourth-order valence-corrected chi connectivity index (χ4v) is 4.66. The molecule has 0 spiro atoms. The molecular formula is C26H27N3O5. The summed E-state index contributed by atoms with van der Waals surface area (Å²) >= 11 is 0. The molecule has 0 fully saturated rings. The number of esters is 1. The maximum absolute atomic E-state index is 13.5. The molecule has 2 aliphatic heterocycles. The molecule has 1 aromatic carbocycles. The molecular weight excluding hydrogens is 434 g/mol. The number of fused-ring (bicyclic) bond motifs is 5. The summed E-state index contributed by atoms with van der Waals surface area (Å²) < 4.78 is 13.1. The lowest BCUT2D eigenvalue weighted by Crippen LogP contribution is -2.44. The first-order chi connectivity index (χ1) is 16.3. The maximum atomic E-state index is 13.5. The Hall–Kier alpha value is -3.52. The van der Waals surface area contributed by atoms with E-state index in [9.17, 15) is 14.7 Å². The van der Waals surface area contributed by atoms with Crippen molar-refractivity contribution >= 4 is 23.1 Å². The SMILES string of the molecule is CCC(C)COc1c2c(nc3ccc(C=N)cc13)-c1cc3c(c(=O)n1C2)COC(=O)[C@]3(O)CC. The molecule has 2 N–H and O–H groups in total. The zero-order valence-corrected chi connectivity index (χ0v) is 19.5. The van der Waals surface area contributed by atoms with Crippen molar-refractivity contribution in [3.8, 4) is 17.1 Å². The number of hydrogen-bond acceptors (Lipinski definition) is 7. The van der Waals surface area contributed by atoms with Gasteiger partial charge in [-0.1, -0.05) is 33.3 Å². The van der Waals surface area contributed by atoms with Gasteiger partial charge in [0.05, 0.1) is 35.6 Å². The molecule has 3 aromatic rings. The first-order valence-corrected chi connectivity index (χ1v) is 11.6. The fourth-order valence-electron chi connectivity index (χ4n) is 4.66. The normalized spacial score (nSPS) is 19.2. The van der Waals surface area contributed by atoms with E-state index in [1.165, 1.54) is 6.21 Å². The molecule has 1 unspecified atom stereocenters. The Morgan fingerprint density at radius 1 is 1.29 bits per heavy atom. The summed E-state index contributed by atoms with van der Waals surface area (Å²) in [6.07, 6.45) is 2.34. The van der Waals surface area contributed by atoms with E-state index in [2.05, 4.69) is 13.8 Å². The first-order valence-electron chi connectivity index (χ1n) is 11.6. The summed E-state index contributed by atoms with van der Waals surface area (Å²) in [5.41, 5.74) is 1.76. The number of nitrogens with zero attached hydrogens (tertiary/aromatic N) is 2. The lowest BCUT2D eigenvalue weighted by Gasteiger charge is -2.31. The number of hydrogen-bond donors (Lipinski definition) is 2. The Bertz CT molecular complexity index is 1410. The van der Waals surface area contributed by atoms with Gasteiger partial charge >= 0.3 is 5.97 Å². The Kier molecular flexibility index (Phi) is 5.28. The number of carbonyl (C=O) groups excluding carboxylic acids is 1. The maximum Gasteiger partial charge on any atom is 0.343 e. The predicted molar refractivity (Wildman–Crippen MR) is 127 cm³/mol. The number of ether oxygens (including phenoxy) is 2. The minimum Gasteiger partial charge on any atom is -0.492 e. The number of cyclic esters (lactones) is 1. The summed E-state index contributed by atoms with van der Waals surface area (Å²) in [5, 5.41) is 19.5. The number of benzene rings is 1. The van der Waals surface area contributed by atoms with Crippen LogP contribution >= 0.6 is 0 Å². The smallest absolute Gasteiger partial charge is 0.343 e. The Labute approximate surface area is 196 Å². The number of pyridine rings is 2. The zero-order valence-electron chi connectivity index (χ0n) is 19.5. The topological polar surface area (TPSA) is 115 Å². The van der Waals surface area contributed by atoms with E-state index in [-0.39, 0.29) is 25.1 Å². The summed E-state index contributed by atoms with van der Waals surface area (Å²) in [5.74, 6) is 0.253. The van der Waals surface area contributed by atoms with E-state index in [4.69, 9.17) is 19.9 Å². The van der Waals surface area contributed by atoms with Gasteiger partial charge in [-0.15, -0.1) is 0 Å². The van der Waals surface area contributed by atoms with Crippen LogP contribution in [0.25, 0.3) is 22.3 Å². The molecule has 8 heteroatoms. The van der Waals surface area contributed by atoms with Crippen LogP contribution < -0.4 is 10.3 Å². The van der Waals surface area contributed by atoms with Gasteiger partial charge in [-0.05, 0) is 36.1 Å². The molecule has 4 heterocycles. The standard InChI is InChI=1S/C26H27N3O5/c1-4-14(3)12-33-23-16-8-15(10-27)6-7-20(16)28-22-17(23)11-29-21(22)9-19-18(24(29)30)13-34-25(31)26(19,32)5-2/h6-10,14,27,32H,4-5,11-13H2,1-3H3/t14?,26-/m0/s1. The van der Waals surface area contributed by atoms with Crippen molar-refractivity contribution in [1.82, 2.24) is 9.55 Å². The largest absolute Gasteiger partial charge is 0.492 e. The van der Waals surface area contributed by atoms with Crippen molar-refractivity contribution in [2.75, 3.05) is 6.61 Å². The van der Waals surface area contributed by atoms with Gasteiger partial charge in [0, 0.05) is 22.7 Å². The highest BCUT2D eigenvalue weighted by Gasteiger charge is 2.45. The monoisotopic (exact) mass is 461 g/mol. The molecule has 34 heavy (non-hydrogen) atoms. The van der Waals surface area contributed by atoms with Crippen LogP contribution in [-0.4, -0.2) is 33.4 Å². The minimum atomic E-state index is -1.86. The van der Waals surface area contributed by atoms with E-state index in [0.717, 1.165) is 22.9 Å². The van der Waals surface area contributed by atoms with Gasteiger partial charge in [0.2, 0.25) is 0 Å². The van der Waals surface area contributed by atoms with Gasteiger partial charge < -0.3 is 24.6 Å². The molecule has 8 nitrogen and oxygen atoms in total. The lowest BCUT2D eigenvalue weighted by molar-refractivity contribution is -0.172. The highest BCUT2D eigenvalue weighted by Crippen LogP contribution is 2.43. The van der Waals surface area contributed by atoms with E-state index >= 15 is 0 Å². The molecule has 0 bridgehead atoms. The third-order valence-electron chi connectivity index (χ3n) is 7.03. The average molecular weight is 462 g/mol. The van der Waals surface area contributed by atoms with Crippen LogP contribution in [0.5, 0.6) is 5.75 Å². The number of carbonyl (C=O) groups is 1. The molecule has 176 valence electrons. The Morgan fingerprint density at radius 3 is 2.79 bits per heavy atom. The molecule has 0 aliphatic carbocycles. The number of rotatable bonds is 6. The van der Waals surface area contributed by atoms with Gasteiger partial charge in [-0.3, -0.25) is 4.79 Å². The molecule has 2 atom stereocenters. The second-order valence-electron chi connectivity index (χ2n) is 9.12. The van der Waals surface area contributed by atoms with Gasteiger partial charge in [-0.25, -0.2) is 9.78 Å². The highest BCUT2D eigenvalue weighted by atomic mass is 16.6. The van der Waals surface area contributed by atoms with Crippen molar-refractivity contribution in [3.63, 3.8) is 0 Å². The van der Waals surface area contributed by atoms with Crippen LogP contribution in [0.3, 0.4) is 0 Å². The molecule has 2 aliphatic rings. The van der Waals surface area contributed by atoms with E-state index < -0.39 is 11.6 Å². The van der Waals surface area contributed by atoms with Crippen molar-refractivity contribution in [1.29, 1.82) is 5.41 Å². The Morgan fingerprint density at radius 2 is 2.09 bits per heavy atom. The molecule has 0 saturated carbocycles. The van der Waals surface area contributed by atoms with E-state index in [0.29, 0.717) is 46.3 Å². The van der Waals surface area contributed by atoms with Gasteiger partial charge in [0.1, 0.15) is 12.4 Å². The van der Waals surface area contributed by atoms with Gasteiger partial charge in [-0.2, -0.15) is 0 Å². The Balaban J connectivity index is 1.76. The lowest BCUT2D eigenvalue weighted by atomic mass is 9.86. The second kappa shape index (κ2) is 8.06. The van der Waals surface area contributed by atoms with Crippen LogP contribution in [-0.2, 0) is 28.3 Å². The summed E-state index contributed by atoms with van der Waals surface area (Å²) in [4.78, 5) is 30.7. The number of nitrogens with one attached hydrogen (secondary N) is 1. The zero-order chi connectivity index (χ0) is 24.2. The van der Waals surface area contributed by atoms with Crippen LogP contribution in [0, 0.1) is 11.3 Å². The van der Waals surface area contributed by atoms with E-state index in [1.54, 1.807) is 17.6 Å². The molecule has 0 amide bonds. The van der Waals surface area contributed by atoms with E-state index in [1.807, 2.05) is 18.2 Å². The predicted octanol–water partition coefficient (Wildman–Crippen LogP) is 3.50. The van der Waals surface area contributed by atoms with Crippen molar-refractivity contribution in [2.24, 2.45) is 5.92 Å². The molecule has 0 radical (unpaired) electrons. The number of aliphatic hydroxyl groups is 1.